The van der Waals surface area contributed by atoms with Crippen LogP contribution in [0.15, 0.2) is 40.9 Å². The van der Waals surface area contributed by atoms with Gasteiger partial charge in [0.1, 0.15) is 11.6 Å². The first-order chi connectivity index (χ1) is 9.52. The Morgan fingerprint density at radius 3 is 2.75 bits per heavy atom. The molecule has 0 radical (unpaired) electrons. The first-order valence-corrected chi connectivity index (χ1v) is 7.15. The van der Waals surface area contributed by atoms with Crippen molar-refractivity contribution in [2.75, 3.05) is 7.11 Å². The second-order valence-corrected chi connectivity index (χ2v) is 5.56. The summed E-state index contributed by atoms with van der Waals surface area (Å²) >= 11 is 3.27. The molecule has 1 unspecified atom stereocenters. The lowest BCUT2D eigenvalue weighted by Gasteiger charge is -2.17. The highest BCUT2D eigenvalue weighted by Gasteiger charge is 2.15. The van der Waals surface area contributed by atoms with Gasteiger partial charge in [-0.25, -0.2) is 4.39 Å². The highest BCUT2D eigenvalue weighted by atomic mass is 79.9. The van der Waals surface area contributed by atoms with Gasteiger partial charge in [0.15, 0.2) is 0 Å². The Bertz CT molecular complexity index is 615. The van der Waals surface area contributed by atoms with E-state index >= 15 is 0 Å². The fraction of sp³-hybridized carbons (Fsp3) is 0.250. The van der Waals surface area contributed by atoms with Crippen LogP contribution in [0, 0.1) is 12.7 Å². The molecule has 20 heavy (non-hydrogen) atoms. The van der Waals surface area contributed by atoms with E-state index in [2.05, 4.69) is 15.9 Å². The third-order valence-electron chi connectivity index (χ3n) is 3.26. The van der Waals surface area contributed by atoms with Crippen molar-refractivity contribution in [3.05, 3.63) is 63.4 Å². The Morgan fingerprint density at radius 2 is 2.05 bits per heavy atom. The molecule has 0 aliphatic carbocycles. The fourth-order valence-corrected chi connectivity index (χ4v) is 2.60. The van der Waals surface area contributed by atoms with Gasteiger partial charge in [-0.1, -0.05) is 24.3 Å². The Kier molecular flexibility index (Phi) is 4.78. The van der Waals surface area contributed by atoms with E-state index in [1.807, 2.05) is 31.2 Å². The summed E-state index contributed by atoms with van der Waals surface area (Å²) < 4.78 is 19.4. The van der Waals surface area contributed by atoms with Crippen LogP contribution in [0.5, 0.6) is 5.75 Å². The van der Waals surface area contributed by atoms with E-state index in [1.165, 1.54) is 6.07 Å². The summed E-state index contributed by atoms with van der Waals surface area (Å²) in [4.78, 5) is 0. The van der Waals surface area contributed by atoms with Gasteiger partial charge >= 0.3 is 0 Å². The molecule has 0 saturated heterocycles. The van der Waals surface area contributed by atoms with Gasteiger partial charge in [0, 0.05) is 11.6 Å². The average Bonchev–Trinajstić information content (AvgIpc) is 2.43. The summed E-state index contributed by atoms with van der Waals surface area (Å²) in [5.74, 6) is 0.496. The standard InChI is InChI=1S/C16H17BrFNO/c1-10-6-7-12(15(8-10)20-2)14(19)9-11-4-3-5-13(18)16(11)17/h3-8,14H,9,19H2,1-2H3. The maximum absolute atomic E-state index is 13.5. The summed E-state index contributed by atoms with van der Waals surface area (Å²) in [6.07, 6.45) is 0.539. The number of rotatable bonds is 4. The third-order valence-corrected chi connectivity index (χ3v) is 4.15. The molecule has 2 nitrogen and oxygen atoms in total. The van der Waals surface area contributed by atoms with E-state index in [0.717, 1.165) is 22.4 Å². The molecule has 2 aromatic rings. The number of methoxy groups -OCH3 is 1. The summed E-state index contributed by atoms with van der Waals surface area (Å²) in [7, 11) is 1.63. The number of aryl methyl sites for hydroxylation is 1. The minimum Gasteiger partial charge on any atom is -0.496 e. The third kappa shape index (κ3) is 3.19. The van der Waals surface area contributed by atoms with Crippen molar-refractivity contribution in [2.24, 2.45) is 5.73 Å². The molecular weight excluding hydrogens is 321 g/mol. The largest absolute Gasteiger partial charge is 0.496 e. The van der Waals surface area contributed by atoms with Crippen LogP contribution in [-0.2, 0) is 6.42 Å². The van der Waals surface area contributed by atoms with Gasteiger partial charge in [0.2, 0.25) is 0 Å². The number of halogens is 2. The van der Waals surface area contributed by atoms with Crippen LogP contribution in [0.1, 0.15) is 22.7 Å². The molecule has 2 aromatic carbocycles. The molecule has 0 fully saturated rings. The molecule has 0 heterocycles. The van der Waals surface area contributed by atoms with Crippen LogP contribution in [0.2, 0.25) is 0 Å². The molecular formula is C16H17BrFNO. The SMILES string of the molecule is COc1cc(C)ccc1C(N)Cc1cccc(F)c1Br. The second kappa shape index (κ2) is 6.37. The number of ether oxygens (including phenoxy) is 1. The molecule has 2 N–H and O–H groups in total. The van der Waals surface area contributed by atoms with Crippen molar-refractivity contribution in [3.63, 3.8) is 0 Å². The molecule has 106 valence electrons. The monoisotopic (exact) mass is 337 g/mol. The first kappa shape index (κ1) is 15.0. The van der Waals surface area contributed by atoms with Crippen LogP contribution in [0.4, 0.5) is 4.39 Å². The quantitative estimate of drug-likeness (QED) is 0.909. The highest BCUT2D eigenvalue weighted by Crippen LogP contribution is 2.29. The van der Waals surface area contributed by atoms with Crippen LogP contribution in [0.25, 0.3) is 0 Å². The molecule has 0 amide bonds. The molecule has 2 rings (SSSR count). The lowest BCUT2D eigenvalue weighted by Crippen LogP contribution is -2.15. The molecule has 0 aromatic heterocycles. The van der Waals surface area contributed by atoms with Crippen LogP contribution >= 0.6 is 15.9 Å². The van der Waals surface area contributed by atoms with Gasteiger partial charge in [-0.2, -0.15) is 0 Å². The van der Waals surface area contributed by atoms with E-state index in [9.17, 15) is 4.39 Å². The summed E-state index contributed by atoms with van der Waals surface area (Å²) in [6.45, 7) is 2.00. The van der Waals surface area contributed by atoms with Gasteiger partial charge in [-0.15, -0.1) is 0 Å². The van der Waals surface area contributed by atoms with Gasteiger partial charge in [0.05, 0.1) is 11.6 Å². The molecule has 0 saturated carbocycles. The molecule has 0 bridgehead atoms. The fourth-order valence-electron chi connectivity index (χ4n) is 2.18. The van der Waals surface area contributed by atoms with Crippen molar-refractivity contribution >= 4 is 15.9 Å². The minimum absolute atomic E-state index is 0.247. The minimum atomic E-state index is -0.273. The van der Waals surface area contributed by atoms with E-state index in [0.29, 0.717) is 10.9 Å². The van der Waals surface area contributed by atoms with E-state index < -0.39 is 0 Å². The highest BCUT2D eigenvalue weighted by molar-refractivity contribution is 9.10. The van der Waals surface area contributed by atoms with Gasteiger partial charge < -0.3 is 10.5 Å². The Labute approximate surface area is 126 Å². The normalized spacial score (nSPS) is 12.2. The number of benzene rings is 2. The van der Waals surface area contributed by atoms with Crippen LogP contribution < -0.4 is 10.5 Å². The van der Waals surface area contributed by atoms with E-state index in [-0.39, 0.29) is 11.9 Å². The molecule has 0 spiro atoms. The zero-order valence-electron chi connectivity index (χ0n) is 11.5. The van der Waals surface area contributed by atoms with Crippen molar-refractivity contribution in [2.45, 2.75) is 19.4 Å². The predicted octanol–water partition coefficient (Wildman–Crippen LogP) is 4.15. The lowest BCUT2D eigenvalue weighted by atomic mass is 9.98. The topological polar surface area (TPSA) is 35.2 Å². The smallest absolute Gasteiger partial charge is 0.137 e. The number of hydrogen-bond donors (Lipinski definition) is 1. The van der Waals surface area contributed by atoms with Crippen molar-refractivity contribution in [1.29, 1.82) is 0 Å². The maximum Gasteiger partial charge on any atom is 0.137 e. The Balaban J connectivity index is 2.28. The molecule has 1 atom stereocenters. The van der Waals surface area contributed by atoms with E-state index in [1.54, 1.807) is 13.2 Å². The average molecular weight is 338 g/mol. The Morgan fingerprint density at radius 1 is 1.30 bits per heavy atom. The summed E-state index contributed by atoms with van der Waals surface area (Å²) in [6, 6.07) is 10.7. The summed E-state index contributed by atoms with van der Waals surface area (Å²) in [5, 5.41) is 0. The summed E-state index contributed by atoms with van der Waals surface area (Å²) in [5.41, 5.74) is 9.14. The Hall–Kier alpha value is -1.39. The molecule has 4 heteroatoms. The second-order valence-electron chi connectivity index (χ2n) is 4.77. The number of hydrogen-bond acceptors (Lipinski definition) is 2. The van der Waals surface area contributed by atoms with Crippen LogP contribution in [0.3, 0.4) is 0 Å². The maximum atomic E-state index is 13.5. The zero-order chi connectivity index (χ0) is 14.7. The van der Waals surface area contributed by atoms with Crippen molar-refractivity contribution in [3.8, 4) is 5.75 Å². The van der Waals surface area contributed by atoms with Crippen molar-refractivity contribution < 1.29 is 9.13 Å². The van der Waals surface area contributed by atoms with Gasteiger partial charge in [0.25, 0.3) is 0 Å². The van der Waals surface area contributed by atoms with Crippen molar-refractivity contribution in [1.82, 2.24) is 0 Å². The van der Waals surface area contributed by atoms with E-state index in [4.69, 9.17) is 10.5 Å². The van der Waals surface area contributed by atoms with Gasteiger partial charge in [-0.05, 0) is 52.5 Å². The van der Waals surface area contributed by atoms with Crippen LogP contribution in [-0.4, -0.2) is 7.11 Å². The zero-order valence-corrected chi connectivity index (χ0v) is 13.1. The molecule has 0 aliphatic rings. The predicted molar refractivity (Wildman–Crippen MR) is 82.5 cm³/mol. The lowest BCUT2D eigenvalue weighted by molar-refractivity contribution is 0.405. The van der Waals surface area contributed by atoms with Gasteiger partial charge in [-0.3, -0.25) is 0 Å². The molecule has 0 aliphatic heterocycles. The first-order valence-electron chi connectivity index (χ1n) is 6.36. The number of nitrogens with two attached hydrogens (primary N) is 1.